The molecule has 2 aliphatic rings. The molecule has 0 spiro atoms. The van der Waals surface area contributed by atoms with Crippen LogP contribution >= 0.6 is 0 Å². The first-order chi connectivity index (χ1) is 8.17. The third-order valence-corrected chi connectivity index (χ3v) is 3.25. The van der Waals surface area contributed by atoms with Crippen molar-refractivity contribution in [1.82, 2.24) is 4.90 Å². The first-order valence-corrected chi connectivity index (χ1v) is 5.96. The van der Waals surface area contributed by atoms with Gasteiger partial charge in [-0.15, -0.1) is 0 Å². The van der Waals surface area contributed by atoms with Crippen LogP contribution in [0.4, 0.5) is 4.79 Å². The molecule has 2 saturated heterocycles. The zero-order valence-electron chi connectivity index (χ0n) is 9.98. The largest absolute Gasteiger partial charge is 0.447 e. The summed E-state index contributed by atoms with van der Waals surface area (Å²) >= 11 is 0. The third kappa shape index (κ3) is 2.85. The maximum Gasteiger partial charge on any atom is 0.416 e. The predicted octanol–water partition coefficient (Wildman–Crippen LogP) is 1.48. The summed E-state index contributed by atoms with van der Waals surface area (Å²) in [5.41, 5.74) is 0.0555. The maximum absolute atomic E-state index is 11.6. The summed E-state index contributed by atoms with van der Waals surface area (Å²) in [5, 5.41) is 0. The minimum atomic E-state index is -0.546. The molecule has 2 aliphatic heterocycles. The molecule has 0 radical (unpaired) electrons. The molecule has 0 bridgehead atoms. The van der Waals surface area contributed by atoms with Crippen molar-refractivity contribution in [1.29, 1.82) is 0 Å². The molecule has 0 aliphatic carbocycles. The number of amides is 2. The number of hydrogen-bond acceptors (Lipinski definition) is 4. The van der Waals surface area contributed by atoms with Gasteiger partial charge in [0.05, 0.1) is 18.8 Å². The van der Waals surface area contributed by atoms with Gasteiger partial charge in [-0.1, -0.05) is 13.0 Å². The standard InChI is InChI=1S/C12H17NO4/c1-2-12(9-17-12)6-4-3-5-10(14)13-7-8-16-11(13)15/h3,5H,2,4,6-9H2,1H3/b5-3+. The molecule has 1 unspecified atom stereocenters. The highest BCUT2D eigenvalue weighted by Gasteiger charge is 2.41. The van der Waals surface area contributed by atoms with Gasteiger partial charge in [0.15, 0.2) is 0 Å². The fourth-order valence-electron chi connectivity index (χ4n) is 1.84. The lowest BCUT2D eigenvalue weighted by molar-refractivity contribution is -0.122. The minimum absolute atomic E-state index is 0.0555. The van der Waals surface area contributed by atoms with Crippen molar-refractivity contribution in [3.63, 3.8) is 0 Å². The van der Waals surface area contributed by atoms with Gasteiger partial charge in [-0.2, -0.15) is 0 Å². The molecular weight excluding hydrogens is 222 g/mol. The molecule has 5 nitrogen and oxygen atoms in total. The Bertz CT molecular complexity index is 346. The number of cyclic esters (lactones) is 1. The molecule has 17 heavy (non-hydrogen) atoms. The van der Waals surface area contributed by atoms with Crippen LogP contribution in [-0.2, 0) is 14.3 Å². The topological polar surface area (TPSA) is 59.1 Å². The van der Waals surface area contributed by atoms with Crippen LogP contribution in [-0.4, -0.2) is 42.3 Å². The van der Waals surface area contributed by atoms with Crippen LogP contribution in [0.3, 0.4) is 0 Å². The van der Waals surface area contributed by atoms with Crippen molar-refractivity contribution in [2.45, 2.75) is 31.8 Å². The van der Waals surface area contributed by atoms with E-state index in [-0.39, 0.29) is 11.5 Å². The molecule has 0 aromatic rings. The van der Waals surface area contributed by atoms with Gasteiger partial charge in [0.25, 0.3) is 5.91 Å². The van der Waals surface area contributed by atoms with E-state index < -0.39 is 6.09 Å². The van der Waals surface area contributed by atoms with E-state index >= 15 is 0 Å². The molecule has 5 heteroatoms. The number of allylic oxidation sites excluding steroid dienone is 1. The van der Waals surface area contributed by atoms with E-state index in [4.69, 9.17) is 4.74 Å². The lowest BCUT2D eigenvalue weighted by atomic mass is 10.0. The number of carbonyl (C=O) groups excluding carboxylic acids is 2. The molecule has 2 amide bonds. The number of nitrogens with zero attached hydrogens (tertiary/aromatic N) is 1. The Labute approximate surface area is 100 Å². The average molecular weight is 239 g/mol. The fraction of sp³-hybridized carbons (Fsp3) is 0.667. The Kier molecular flexibility index (Phi) is 3.47. The zero-order chi connectivity index (χ0) is 12.3. The van der Waals surface area contributed by atoms with Crippen molar-refractivity contribution >= 4 is 12.0 Å². The smallest absolute Gasteiger partial charge is 0.416 e. The Balaban J connectivity index is 1.73. The molecule has 0 aromatic carbocycles. The average Bonchev–Trinajstić information content (AvgIpc) is 2.99. The van der Waals surface area contributed by atoms with Crippen LogP contribution in [0.25, 0.3) is 0 Å². The normalized spacial score (nSPS) is 27.6. The van der Waals surface area contributed by atoms with Gasteiger partial charge < -0.3 is 9.47 Å². The Hall–Kier alpha value is -1.36. The van der Waals surface area contributed by atoms with Gasteiger partial charge >= 0.3 is 6.09 Å². The Morgan fingerprint density at radius 1 is 1.59 bits per heavy atom. The predicted molar refractivity (Wildman–Crippen MR) is 60.4 cm³/mol. The van der Waals surface area contributed by atoms with Crippen LogP contribution in [0.15, 0.2) is 12.2 Å². The summed E-state index contributed by atoms with van der Waals surface area (Å²) in [6, 6.07) is 0. The third-order valence-electron chi connectivity index (χ3n) is 3.25. The van der Waals surface area contributed by atoms with Crippen molar-refractivity contribution in [3.05, 3.63) is 12.2 Å². The Morgan fingerprint density at radius 3 is 2.88 bits per heavy atom. The molecule has 1 atom stereocenters. The van der Waals surface area contributed by atoms with E-state index in [1.807, 2.05) is 0 Å². The molecule has 0 N–H and O–H groups in total. The molecule has 0 aromatic heterocycles. The van der Waals surface area contributed by atoms with Gasteiger partial charge in [0, 0.05) is 0 Å². The first-order valence-electron chi connectivity index (χ1n) is 5.96. The van der Waals surface area contributed by atoms with Gasteiger partial charge in [-0.3, -0.25) is 4.79 Å². The summed E-state index contributed by atoms with van der Waals surface area (Å²) in [5.74, 6) is -0.297. The van der Waals surface area contributed by atoms with E-state index in [1.165, 1.54) is 6.08 Å². The second kappa shape index (κ2) is 4.87. The number of rotatable bonds is 5. The summed E-state index contributed by atoms with van der Waals surface area (Å²) in [6.07, 6.45) is 5.42. The summed E-state index contributed by atoms with van der Waals surface area (Å²) in [6.45, 7) is 3.57. The van der Waals surface area contributed by atoms with Crippen molar-refractivity contribution in [2.75, 3.05) is 19.8 Å². The second-order valence-electron chi connectivity index (χ2n) is 4.37. The number of hydrogen-bond donors (Lipinski definition) is 0. The van der Waals surface area contributed by atoms with E-state index in [0.717, 1.165) is 30.8 Å². The van der Waals surface area contributed by atoms with E-state index in [9.17, 15) is 9.59 Å². The van der Waals surface area contributed by atoms with Gasteiger partial charge in [-0.05, 0) is 25.3 Å². The van der Waals surface area contributed by atoms with Crippen LogP contribution in [0, 0.1) is 0 Å². The highest BCUT2D eigenvalue weighted by atomic mass is 16.6. The summed E-state index contributed by atoms with van der Waals surface area (Å²) in [4.78, 5) is 23.8. The van der Waals surface area contributed by atoms with Crippen molar-refractivity contribution in [2.24, 2.45) is 0 Å². The van der Waals surface area contributed by atoms with Crippen molar-refractivity contribution < 1.29 is 19.1 Å². The van der Waals surface area contributed by atoms with Crippen LogP contribution in [0.2, 0.25) is 0 Å². The maximum atomic E-state index is 11.6. The SMILES string of the molecule is CCC1(CC/C=C/C(=O)N2CCOC2=O)CO1. The van der Waals surface area contributed by atoms with Crippen molar-refractivity contribution in [3.8, 4) is 0 Å². The van der Waals surface area contributed by atoms with Gasteiger partial charge in [0.1, 0.15) is 6.61 Å². The van der Waals surface area contributed by atoms with Gasteiger partial charge in [-0.25, -0.2) is 9.69 Å². The quantitative estimate of drug-likeness (QED) is 0.538. The highest BCUT2D eigenvalue weighted by Crippen LogP contribution is 2.35. The van der Waals surface area contributed by atoms with Crippen LogP contribution < -0.4 is 0 Å². The van der Waals surface area contributed by atoms with Crippen LogP contribution in [0.5, 0.6) is 0 Å². The monoisotopic (exact) mass is 239 g/mol. The Morgan fingerprint density at radius 2 is 2.35 bits per heavy atom. The van der Waals surface area contributed by atoms with E-state index in [0.29, 0.717) is 13.2 Å². The molecule has 0 saturated carbocycles. The lowest BCUT2D eigenvalue weighted by Gasteiger charge is -2.07. The highest BCUT2D eigenvalue weighted by molar-refractivity contribution is 5.99. The van der Waals surface area contributed by atoms with Crippen LogP contribution in [0.1, 0.15) is 26.2 Å². The van der Waals surface area contributed by atoms with E-state index in [1.54, 1.807) is 6.08 Å². The summed E-state index contributed by atoms with van der Waals surface area (Å²) in [7, 11) is 0. The van der Waals surface area contributed by atoms with E-state index in [2.05, 4.69) is 11.7 Å². The molecule has 2 heterocycles. The van der Waals surface area contributed by atoms with Gasteiger partial charge in [0.2, 0.25) is 0 Å². The fourth-order valence-corrected chi connectivity index (χ4v) is 1.84. The minimum Gasteiger partial charge on any atom is -0.447 e. The number of ether oxygens (including phenoxy) is 2. The number of carbonyl (C=O) groups is 2. The number of imide groups is 1. The molecular formula is C12H17NO4. The molecule has 2 rings (SSSR count). The number of epoxide rings is 1. The second-order valence-corrected chi connectivity index (χ2v) is 4.37. The summed E-state index contributed by atoms with van der Waals surface area (Å²) < 4.78 is 10.1. The first kappa shape index (κ1) is 12.1. The molecule has 2 fully saturated rings. The zero-order valence-corrected chi connectivity index (χ0v) is 9.98. The molecule has 94 valence electrons. The lowest BCUT2D eigenvalue weighted by Crippen LogP contribution is -2.29.